The second kappa shape index (κ2) is 8.24. The number of hydrogen-bond acceptors (Lipinski definition) is 3. The van der Waals surface area contributed by atoms with Gasteiger partial charge in [0, 0.05) is 35.9 Å². The minimum atomic E-state index is -0.724. The van der Waals surface area contributed by atoms with Gasteiger partial charge < -0.3 is 19.5 Å². The van der Waals surface area contributed by atoms with E-state index in [1.54, 1.807) is 19.1 Å². The number of aliphatic carboxylic acids is 1. The summed E-state index contributed by atoms with van der Waals surface area (Å²) in [4.78, 5) is 11.3. The molecule has 1 saturated carbocycles. The lowest BCUT2D eigenvalue weighted by atomic mass is 9.71. The molecule has 5 rings (SSSR count). The molecule has 0 bridgehead atoms. The van der Waals surface area contributed by atoms with Crippen molar-refractivity contribution in [3.63, 3.8) is 0 Å². The van der Waals surface area contributed by atoms with Crippen molar-refractivity contribution in [2.45, 2.75) is 44.9 Å². The van der Waals surface area contributed by atoms with Crippen LogP contribution in [0.2, 0.25) is 0 Å². The molecule has 5 nitrogen and oxygen atoms in total. The van der Waals surface area contributed by atoms with Crippen molar-refractivity contribution in [2.24, 2.45) is 11.8 Å². The van der Waals surface area contributed by atoms with Gasteiger partial charge in [0.15, 0.2) is 0 Å². The SMILES string of the molecule is Cc1cc(-n2c(C3CCOCC3)c(CC3CC(C(=O)O)C3)c3c(O)cccc32)ccc1F. The predicted octanol–water partition coefficient (Wildman–Crippen LogP) is 5.33. The molecule has 3 aromatic rings. The number of aromatic nitrogens is 1. The van der Waals surface area contributed by atoms with E-state index in [4.69, 9.17) is 4.74 Å². The minimum Gasteiger partial charge on any atom is -0.507 e. The van der Waals surface area contributed by atoms with Gasteiger partial charge in [0.05, 0.1) is 11.4 Å². The van der Waals surface area contributed by atoms with E-state index in [0.717, 1.165) is 47.1 Å². The first-order valence-corrected chi connectivity index (χ1v) is 11.4. The van der Waals surface area contributed by atoms with E-state index < -0.39 is 5.97 Å². The van der Waals surface area contributed by atoms with Crippen LogP contribution in [0.5, 0.6) is 5.75 Å². The van der Waals surface area contributed by atoms with Crippen molar-refractivity contribution in [3.8, 4) is 11.4 Å². The van der Waals surface area contributed by atoms with Gasteiger partial charge in [-0.25, -0.2) is 4.39 Å². The Kier molecular flexibility index (Phi) is 5.41. The first kappa shape index (κ1) is 21.0. The van der Waals surface area contributed by atoms with Crippen LogP contribution in [0, 0.1) is 24.6 Å². The monoisotopic (exact) mass is 437 g/mol. The van der Waals surface area contributed by atoms with Crippen molar-refractivity contribution in [2.75, 3.05) is 13.2 Å². The summed E-state index contributed by atoms with van der Waals surface area (Å²) < 4.78 is 21.9. The lowest BCUT2D eigenvalue weighted by molar-refractivity contribution is -0.146. The van der Waals surface area contributed by atoms with Gasteiger partial charge in [0.25, 0.3) is 0 Å². The highest BCUT2D eigenvalue weighted by Crippen LogP contribution is 2.45. The third-order valence-corrected chi connectivity index (χ3v) is 7.20. The molecule has 2 aliphatic rings. The largest absolute Gasteiger partial charge is 0.507 e. The van der Waals surface area contributed by atoms with Gasteiger partial charge in [0.2, 0.25) is 0 Å². The number of phenols is 1. The zero-order chi connectivity index (χ0) is 22.4. The third kappa shape index (κ3) is 3.56. The zero-order valence-corrected chi connectivity index (χ0v) is 18.2. The van der Waals surface area contributed by atoms with Crippen LogP contribution in [0.1, 0.15) is 48.4 Å². The number of aromatic hydroxyl groups is 1. The van der Waals surface area contributed by atoms with Crippen LogP contribution in [-0.4, -0.2) is 34.0 Å². The Hall–Kier alpha value is -2.86. The van der Waals surface area contributed by atoms with Crippen molar-refractivity contribution < 1.29 is 24.1 Å². The molecule has 2 N–H and O–H groups in total. The topological polar surface area (TPSA) is 71.7 Å². The fourth-order valence-corrected chi connectivity index (χ4v) is 5.46. The second-order valence-electron chi connectivity index (χ2n) is 9.27. The van der Waals surface area contributed by atoms with Crippen molar-refractivity contribution in [3.05, 3.63) is 59.0 Å². The smallest absolute Gasteiger partial charge is 0.306 e. The number of fused-ring (bicyclic) bond motifs is 1. The van der Waals surface area contributed by atoms with E-state index in [1.807, 2.05) is 18.2 Å². The van der Waals surface area contributed by atoms with Crippen LogP contribution < -0.4 is 0 Å². The molecule has 2 fully saturated rings. The van der Waals surface area contributed by atoms with E-state index in [-0.39, 0.29) is 29.3 Å². The Morgan fingerprint density at radius 3 is 2.62 bits per heavy atom. The van der Waals surface area contributed by atoms with Crippen LogP contribution in [0.25, 0.3) is 16.6 Å². The molecule has 0 spiro atoms. The molecule has 168 valence electrons. The highest BCUT2D eigenvalue weighted by Gasteiger charge is 2.37. The number of hydrogen-bond donors (Lipinski definition) is 2. The van der Waals surface area contributed by atoms with Crippen molar-refractivity contribution in [1.82, 2.24) is 4.57 Å². The fraction of sp³-hybridized carbons (Fsp3) is 0.423. The molecule has 0 amide bonds. The number of nitrogens with zero attached hydrogens (tertiary/aromatic N) is 1. The number of ether oxygens (including phenoxy) is 1. The Bertz CT molecular complexity index is 1170. The quantitative estimate of drug-likeness (QED) is 0.566. The fourth-order valence-electron chi connectivity index (χ4n) is 5.46. The van der Waals surface area contributed by atoms with E-state index >= 15 is 0 Å². The summed E-state index contributed by atoms with van der Waals surface area (Å²) >= 11 is 0. The van der Waals surface area contributed by atoms with Gasteiger partial charge in [0.1, 0.15) is 11.6 Å². The summed E-state index contributed by atoms with van der Waals surface area (Å²) in [6.07, 6.45) is 3.83. The first-order valence-electron chi connectivity index (χ1n) is 11.4. The number of aryl methyl sites for hydroxylation is 1. The average molecular weight is 438 g/mol. The molecule has 1 aliphatic carbocycles. The molecule has 32 heavy (non-hydrogen) atoms. The van der Waals surface area contributed by atoms with Crippen LogP contribution >= 0.6 is 0 Å². The molecule has 1 saturated heterocycles. The number of halogens is 1. The van der Waals surface area contributed by atoms with Crippen LogP contribution in [0.4, 0.5) is 4.39 Å². The molecule has 2 heterocycles. The summed E-state index contributed by atoms with van der Waals surface area (Å²) in [5.41, 5.74) is 4.61. The lowest BCUT2D eigenvalue weighted by Gasteiger charge is -2.33. The van der Waals surface area contributed by atoms with E-state index in [9.17, 15) is 19.4 Å². The second-order valence-corrected chi connectivity index (χ2v) is 9.27. The normalized spacial score (nSPS) is 21.6. The summed E-state index contributed by atoms with van der Waals surface area (Å²) in [7, 11) is 0. The van der Waals surface area contributed by atoms with Crippen LogP contribution in [0.3, 0.4) is 0 Å². The number of benzene rings is 2. The Labute approximate surface area is 186 Å². The lowest BCUT2D eigenvalue weighted by Crippen LogP contribution is -2.31. The molecular weight excluding hydrogens is 409 g/mol. The molecule has 0 unspecified atom stereocenters. The summed E-state index contributed by atoms with van der Waals surface area (Å²) in [5, 5.41) is 21.0. The van der Waals surface area contributed by atoms with Crippen LogP contribution in [0.15, 0.2) is 36.4 Å². The van der Waals surface area contributed by atoms with Crippen molar-refractivity contribution in [1.29, 1.82) is 0 Å². The van der Waals surface area contributed by atoms with Gasteiger partial charge in [-0.15, -0.1) is 0 Å². The van der Waals surface area contributed by atoms with Crippen LogP contribution in [-0.2, 0) is 16.0 Å². The molecular formula is C26H28FNO4. The molecule has 0 atom stereocenters. The molecule has 2 aromatic carbocycles. The van der Waals surface area contributed by atoms with Gasteiger partial charge in [-0.05, 0) is 86.4 Å². The van der Waals surface area contributed by atoms with E-state index in [1.165, 1.54) is 6.07 Å². The van der Waals surface area contributed by atoms with Gasteiger partial charge >= 0.3 is 5.97 Å². The number of rotatable bonds is 5. The zero-order valence-electron chi connectivity index (χ0n) is 18.2. The molecule has 1 aromatic heterocycles. The standard InChI is InChI=1S/C26H28FNO4/c1-15-11-19(5-6-21(15)27)28-22-3-2-4-23(29)24(22)20(14-16-12-18(13-16)26(30)31)25(28)17-7-9-32-10-8-17/h2-6,11,16-18,29H,7-10,12-14H2,1H3,(H,30,31). The van der Waals surface area contributed by atoms with Gasteiger partial charge in [-0.2, -0.15) is 0 Å². The van der Waals surface area contributed by atoms with E-state index in [2.05, 4.69) is 4.57 Å². The number of carboxylic acid groups (broad SMARTS) is 1. The maximum absolute atomic E-state index is 14.1. The Balaban J connectivity index is 1.70. The molecule has 6 heteroatoms. The van der Waals surface area contributed by atoms with Crippen molar-refractivity contribution >= 4 is 16.9 Å². The average Bonchev–Trinajstić information content (AvgIpc) is 3.08. The number of carboxylic acids is 1. The third-order valence-electron chi connectivity index (χ3n) is 7.20. The minimum absolute atomic E-state index is 0.234. The summed E-state index contributed by atoms with van der Waals surface area (Å²) in [6, 6.07) is 10.7. The highest BCUT2D eigenvalue weighted by atomic mass is 19.1. The number of carbonyl (C=O) groups is 1. The first-order chi connectivity index (χ1) is 15.4. The highest BCUT2D eigenvalue weighted by molar-refractivity contribution is 5.93. The maximum atomic E-state index is 14.1. The molecule has 1 aliphatic heterocycles. The summed E-state index contributed by atoms with van der Waals surface area (Å²) in [5.74, 6) is -0.465. The number of phenolic OH excluding ortho intramolecular Hbond substituents is 1. The Morgan fingerprint density at radius 2 is 1.94 bits per heavy atom. The molecule has 0 radical (unpaired) electrons. The van der Waals surface area contributed by atoms with E-state index in [0.29, 0.717) is 31.6 Å². The Morgan fingerprint density at radius 1 is 1.19 bits per heavy atom. The summed E-state index contributed by atoms with van der Waals surface area (Å²) in [6.45, 7) is 3.13. The maximum Gasteiger partial charge on any atom is 0.306 e. The van der Waals surface area contributed by atoms with Gasteiger partial charge in [-0.3, -0.25) is 4.79 Å². The predicted molar refractivity (Wildman–Crippen MR) is 120 cm³/mol. The van der Waals surface area contributed by atoms with Gasteiger partial charge in [-0.1, -0.05) is 6.07 Å².